The van der Waals surface area contributed by atoms with Crippen molar-refractivity contribution < 1.29 is 22.7 Å². The molecule has 1 aliphatic rings. The van der Waals surface area contributed by atoms with Gasteiger partial charge in [-0.2, -0.15) is 0 Å². The lowest BCUT2D eigenvalue weighted by Crippen LogP contribution is -2.41. The van der Waals surface area contributed by atoms with E-state index in [0.717, 1.165) is 19.3 Å². The monoisotopic (exact) mass is 479 g/mol. The number of hydrogen-bond donors (Lipinski definition) is 3. The van der Waals surface area contributed by atoms with Crippen molar-refractivity contribution in [3.05, 3.63) is 58.6 Å². The van der Waals surface area contributed by atoms with Crippen molar-refractivity contribution in [1.82, 2.24) is 15.6 Å². The van der Waals surface area contributed by atoms with Gasteiger partial charge < -0.3 is 4.74 Å². The Morgan fingerprint density at radius 2 is 1.62 bits per heavy atom. The zero-order chi connectivity index (χ0) is 23.3. The molecule has 0 radical (unpaired) electrons. The summed E-state index contributed by atoms with van der Waals surface area (Å²) in [6.45, 7) is 4.81. The van der Waals surface area contributed by atoms with Crippen LogP contribution < -0.4 is 20.3 Å². The van der Waals surface area contributed by atoms with Crippen LogP contribution >= 0.6 is 11.6 Å². The van der Waals surface area contributed by atoms with Crippen molar-refractivity contribution in [2.45, 2.75) is 44.0 Å². The van der Waals surface area contributed by atoms with Crippen LogP contribution in [0.3, 0.4) is 0 Å². The summed E-state index contributed by atoms with van der Waals surface area (Å²) >= 11 is 6.03. The maximum absolute atomic E-state index is 12.4. The number of benzene rings is 2. The Hall–Kier alpha value is -2.62. The lowest BCUT2D eigenvalue weighted by molar-refractivity contribution is 0.0846. The molecule has 0 unspecified atom stereocenters. The average molecular weight is 480 g/mol. The van der Waals surface area contributed by atoms with Gasteiger partial charge in [0.2, 0.25) is 10.0 Å². The second kappa shape index (κ2) is 10.3. The van der Waals surface area contributed by atoms with Gasteiger partial charge in [0.25, 0.3) is 11.8 Å². The predicted octanol–water partition coefficient (Wildman–Crippen LogP) is 3.28. The quantitative estimate of drug-likeness (QED) is 0.477. The van der Waals surface area contributed by atoms with Crippen LogP contribution in [0.2, 0.25) is 5.02 Å². The number of rotatable bonds is 9. The molecule has 1 fully saturated rings. The summed E-state index contributed by atoms with van der Waals surface area (Å²) in [4.78, 5) is 24.6. The van der Waals surface area contributed by atoms with Crippen LogP contribution in [0.5, 0.6) is 5.75 Å². The van der Waals surface area contributed by atoms with Gasteiger partial charge in [-0.1, -0.05) is 25.4 Å². The first-order chi connectivity index (χ1) is 15.2. The molecule has 3 N–H and O–H groups in total. The molecule has 1 saturated carbocycles. The lowest BCUT2D eigenvalue weighted by Gasteiger charge is -2.11. The molecule has 0 saturated heterocycles. The van der Waals surface area contributed by atoms with Crippen molar-refractivity contribution in [2.24, 2.45) is 5.92 Å². The Kier molecular flexibility index (Phi) is 7.76. The molecule has 10 heteroatoms. The lowest BCUT2D eigenvalue weighted by atomic mass is 10.1. The highest BCUT2D eigenvalue weighted by atomic mass is 35.5. The van der Waals surface area contributed by atoms with Gasteiger partial charge in [0.05, 0.1) is 11.6 Å². The summed E-state index contributed by atoms with van der Waals surface area (Å²) in [6, 6.07) is 10.3. The van der Waals surface area contributed by atoms with E-state index in [1.54, 1.807) is 24.3 Å². The standard InChI is InChI=1S/C22H26ClN3O5S/c1-14(2)11-12-31-18-8-3-15(4-9-18)21(27)24-25-22(28)16-5-10-19(23)20(13-16)32(29,30)26-17-6-7-17/h3-5,8-10,13-14,17,26H,6-7,11-12H2,1-2H3,(H,24,27)(H,25,28). The van der Waals surface area contributed by atoms with E-state index in [1.807, 2.05) is 0 Å². The topological polar surface area (TPSA) is 114 Å². The molecule has 2 aromatic carbocycles. The molecule has 0 heterocycles. The van der Waals surface area contributed by atoms with Gasteiger partial charge in [0.1, 0.15) is 10.6 Å². The first kappa shape index (κ1) is 24.0. The van der Waals surface area contributed by atoms with E-state index >= 15 is 0 Å². The van der Waals surface area contributed by atoms with Crippen molar-refractivity contribution in [2.75, 3.05) is 6.61 Å². The van der Waals surface area contributed by atoms with Crippen LogP contribution in [0.25, 0.3) is 0 Å². The summed E-state index contributed by atoms with van der Waals surface area (Å²) in [5.74, 6) is -0.00767. The number of nitrogens with one attached hydrogen (secondary N) is 3. The van der Waals surface area contributed by atoms with Gasteiger partial charge in [-0.05, 0) is 67.6 Å². The molecule has 2 amide bonds. The van der Waals surface area contributed by atoms with Gasteiger partial charge in [-0.25, -0.2) is 13.1 Å². The number of carbonyl (C=O) groups excluding carboxylic acids is 2. The van der Waals surface area contributed by atoms with Crippen molar-refractivity contribution in [1.29, 1.82) is 0 Å². The maximum atomic E-state index is 12.4. The second-order valence-electron chi connectivity index (χ2n) is 8.00. The van der Waals surface area contributed by atoms with Gasteiger partial charge in [-0.15, -0.1) is 0 Å². The molecule has 2 aromatic rings. The predicted molar refractivity (Wildman–Crippen MR) is 121 cm³/mol. The highest BCUT2D eigenvalue weighted by Gasteiger charge is 2.29. The number of carbonyl (C=O) groups is 2. The molecule has 0 spiro atoms. The van der Waals surface area contributed by atoms with Crippen molar-refractivity contribution >= 4 is 33.4 Å². The van der Waals surface area contributed by atoms with Crippen LogP contribution in [-0.4, -0.2) is 32.9 Å². The first-order valence-electron chi connectivity index (χ1n) is 10.3. The molecule has 8 nitrogen and oxygen atoms in total. The fourth-order valence-corrected chi connectivity index (χ4v) is 4.54. The van der Waals surface area contributed by atoms with Crippen LogP contribution in [-0.2, 0) is 10.0 Å². The fourth-order valence-electron chi connectivity index (χ4n) is 2.71. The molecular formula is C22H26ClN3O5S. The Morgan fingerprint density at radius 1 is 1.03 bits per heavy atom. The van der Waals surface area contributed by atoms with Crippen LogP contribution in [0.15, 0.2) is 47.4 Å². The largest absolute Gasteiger partial charge is 0.494 e. The molecule has 32 heavy (non-hydrogen) atoms. The van der Waals surface area contributed by atoms with Crippen molar-refractivity contribution in [3.8, 4) is 5.75 Å². The molecule has 0 atom stereocenters. The van der Waals surface area contributed by atoms with Gasteiger partial charge in [-0.3, -0.25) is 20.4 Å². The number of hydrazine groups is 1. The number of amides is 2. The minimum absolute atomic E-state index is 0.00874. The van der Waals surface area contributed by atoms with E-state index in [4.69, 9.17) is 16.3 Å². The summed E-state index contributed by atoms with van der Waals surface area (Å²) in [5.41, 5.74) is 4.96. The van der Waals surface area contributed by atoms with Crippen molar-refractivity contribution in [3.63, 3.8) is 0 Å². The number of ether oxygens (including phenoxy) is 1. The third kappa shape index (κ3) is 6.69. The van der Waals surface area contributed by atoms with Gasteiger partial charge in [0, 0.05) is 17.2 Å². The highest BCUT2D eigenvalue weighted by Crippen LogP contribution is 2.26. The molecule has 0 bridgehead atoms. The van der Waals surface area contributed by atoms with Crippen LogP contribution in [0.1, 0.15) is 53.8 Å². The molecule has 3 rings (SSSR count). The molecule has 172 valence electrons. The summed E-state index contributed by atoms with van der Waals surface area (Å²) in [5, 5.41) is 0.00874. The highest BCUT2D eigenvalue weighted by molar-refractivity contribution is 7.89. The molecular weight excluding hydrogens is 454 g/mol. The van der Waals surface area contributed by atoms with E-state index in [0.29, 0.717) is 23.8 Å². The SMILES string of the molecule is CC(C)CCOc1ccc(C(=O)NNC(=O)c2ccc(Cl)c(S(=O)(=O)NC3CC3)c2)cc1. The molecule has 0 aliphatic heterocycles. The minimum Gasteiger partial charge on any atom is -0.494 e. The Labute approximate surface area is 192 Å². The number of hydrogen-bond acceptors (Lipinski definition) is 5. The summed E-state index contributed by atoms with van der Waals surface area (Å²) in [7, 11) is -3.83. The van der Waals surface area contributed by atoms with E-state index in [1.165, 1.54) is 18.2 Å². The average Bonchev–Trinajstić information content (AvgIpc) is 3.55. The van der Waals surface area contributed by atoms with E-state index in [9.17, 15) is 18.0 Å². The zero-order valence-electron chi connectivity index (χ0n) is 17.9. The van der Waals surface area contributed by atoms with Crippen LogP contribution in [0, 0.1) is 5.92 Å². The maximum Gasteiger partial charge on any atom is 0.269 e. The number of halogens is 1. The second-order valence-corrected chi connectivity index (χ2v) is 10.1. The minimum atomic E-state index is -3.83. The van der Waals surface area contributed by atoms with E-state index < -0.39 is 21.8 Å². The summed E-state index contributed by atoms with van der Waals surface area (Å²) < 4.78 is 33.0. The third-order valence-electron chi connectivity index (χ3n) is 4.75. The smallest absolute Gasteiger partial charge is 0.269 e. The fraction of sp³-hybridized carbons (Fsp3) is 0.364. The Bertz CT molecular complexity index is 1080. The Balaban J connectivity index is 1.58. The number of sulfonamides is 1. The zero-order valence-corrected chi connectivity index (χ0v) is 19.4. The van der Waals surface area contributed by atoms with E-state index in [-0.39, 0.29) is 21.5 Å². The Morgan fingerprint density at radius 3 is 2.22 bits per heavy atom. The van der Waals surface area contributed by atoms with Crippen LogP contribution in [0.4, 0.5) is 0 Å². The van der Waals surface area contributed by atoms with Gasteiger partial charge >= 0.3 is 0 Å². The third-order valence-corrected chi connectivity index (χ3v) is 6.75. The van der Waals surface area contributed by atoms with E-state index in [2.05, 4.69) is 29.4 Å². The molecule has 0 aromatic heterocycles. The normalized spacial score (nSPS) is 13.6. The summed E-state index contributed by atoms with van der Waals surface area (Å²) in [6.07, 6.45) is 2.47. The van der Waals surface area contributed by atoms with Gasteiger partial charge in [0.15, 0.2) is 0 Å². The molecule has 1 aliphatic carbocycles. The first-order valence-corrected chi connectivity index (χ1v) is 12.2.